The Labute approximate surface area is 138 Å². The van der Waals surface area contributed by atoms with Crippen molar-refractivity contribution < 1.29 is 4.79 Å². The first-order chi connectivity index (χ1) is 11.2. The predicted octanol–water partition coefficient (Wildman–Crippen LogP) is 2.97. The molecule has 0 aliphatic rings. The number of halogens is 1. The van der Waals surface area contributed by atoms with E-state index in [1.807, 2.05) is 60.7 Å². The second-order valence-corrected chi connectivity index (χ2v) is 5.30. The van der Waals surface area contributed by atoms with E-state index in [0.717, 1.165) is 11.1 Å². The number of amides is 1. The van der Waals surface area contributed by atoms with Crippen molar-refractivity contribution in [3.63, 3.8) is 0 Å². The molecule has 2 N–H and O–H groups in total. The highest BCUT2D eigenvalue weighted by atomic mass is 35.5. The SMILES string of the molecule is NC(=O)C(Cl)c1nnc(-c2ccccc2)c(-c2ccccc2)n1. The van der Waals surface area contributed by atoms with Crippen molar-refractivity contribution in [1.29, 1.82) is 0 Å². The van der Waals surface area contributed by atoms with Crippen molar-refractivity contribution in [2.75, 3.05) is 0 Å². The van der Waals surface area contributed by atoms with Crippen LogP contribution in [-0.4, -0.2) is 21.1 Å². The lowest BCUT2D eigenvalue weighted by Gasteiger charge is -2.10. The third-order valence-electron chi connectivity index (χ3n) is 3.27. The molecule has 0 bridgehead atoms. The monoisotopic (exact) mass is 324 g/mol. The number of rotatable bonds is 4. The van der Waals surface area contributed by atoms with E-state index >= 15 is 0 Å². The molecule has 1 unspecified atom stereocenters. The summed E-state index contributed by atoms with van der Waals surface area (Å²) in [5, 5.41) is 7.08. The van der Waals surface area contributed by atoms with Gasteiger partial charge in [-0.15, -0.1) is 21.8 Å². The van der Waals surface area contributed by atoms with Gasteiger partial charge in [0.2, 0.25) is 5.91 Å². The summed E-state index contributed by atoms with van der Waals surface area (Å²) in [4.78, 5) is 15.7. The maximum absolute atomic E-state index is 11.3. The second kappa shape index (κ2) is 6.54. The Morgan fingerprint density at radius 2 is 1.39 bits per heavy atom. The first-order valence-corrected chi connectivity index (χ1v) is 7.39. The van der Waals surface area contributed by atoms with Crippen molar-refractivity contribution in [3.05, 3.63) is 66.5 Å². The molecule has 23 heavy (non-hydrogen) atoms. The van der Waals surface area contributed by atoms with Gasteiger partial charge >= 0.3 is 0 Å². The van der Waals surface area contributed by atoms with Gasteiger partial charge in [-0.2, -0.15) is 0 Å². The molecule has 5 nitrogen and oxygen atoms in total. The molecule has 3 rings (SSSR count). The minimum absolute atomic E-state index is 0.0951. The quantitative estimate of drug-likeness (QED) is 0.748. The van der Waals surface area contributed by atoms with E-state index in [0.29, 0.717) is 11.4 Å². The van der Waals surface area contributed by atoms with E-state index < -0.39 is 11.3 Å². The van der Waals surface area contributed by atoms with E-state index in [1.54, 1.807) is 0 Å². The lowest BCUT2D eigenvalue weighted by molar-refractivity contribution is -0.117. The van der Waals surface area contributed by atoms with Crippen LogP contribution in [0.3, 0.4) is 0 Å². The van der Waals surface area contributed by atoms with Crippen LogP contribution in [0, 0.1) is 0 Å². The van der Waals surface area contributed by atoms with Gasteiger partial charge in [0.05, 0.1) is 0 Å². The summed E-state index contributed by atoms with van der Waals surface area (Å²) in [6.07, 6.45) is 0. The van der Waals surface area contributed by atoms with Crippen LogP contribution in [0.25, 0.3) is 22.5 Å². The fourth-order valence-electron chi connectivity index (χ4n) is 2.16. The zero-order valence-corrected chi connectivity index (χ0v) is 12.8. The summed E-state index contributed by atoms with van der Waals surface area (Å²) in [5.41, 5.74) is 8.19. The highest BCUT2D eigenvalue weighted by Crippen LogP contribution is 2.29. The number of carbonyl (C=O) groups is 1. The average Bonchev–Trinajstić information content (AvgIpc) is 2.62. The van der Waals surface area contributed by atoms with Gasteiger partial charge in [-0.3, -0.25) is 4.79 Å². The number of carbonyl (C=O) groups excluding carboxylic acids is 1. The molecule has 0 saturated heterocycles. The minimum atomic E-state index is -1.12. The van der Waals surface area contributed by atoms with E-state index in [-0.39, 0.29) is 5.82 Å². The second-order valence-electron chi connectivity index (χ2n) is 4.86. The third kappa shape index (κ3) is 3.19. The van der Waals surface area contributed by atoms with Crippen LogP contribution in [0.5, 0.6) is 0 Å². The number of alkyl halides is 1. The molecule has 0 fully saturated rings. The Morgan fingerprint density at radius 1 is 0.870 bits per heavy atom. The van der Waals surface area contributed by atoms with Crippen molar-refractivity contribution in [2.24, 2.45) is 5.73 Å². The Morgan fingerprint density at radius 3 is 1.91 bits per heavy atom. The van der Waals surface area contributed by atoms with Crippen LogP contribution in [0.1, 0.15) is 11.2 Å². The topological polar surface area (TPSA) is 81.8 Å². The molecule has 2 aromatic carbocycles. The lowest BCUT2D eigenvalue weighted by atomic mass is 10.0. The van der Waals surface area contributed by atoms with Crippen LogP contribution in [0.2, 0.25) is 0 Å². The van der Waals surface area contributed by atoms with E-state index in [2.05, 4.69) is 15.2 Å². The van der Waals surface area contributed by atoms with Gasteiger partial charge in [0.1, 0.15) is 11.4 Å². The normalized spacial score (nSPS) is 11.9. The fourth-order valence-corrected chi connectivity index (χ4v) is 2.25. The average molecular weight is 325 g/mol. The maximum Gasteiger partial charge on any atom is 0.243 e. The first kappa shape index (κ1) is 15.1. The lowest BCUT2D eigenvalue weighted by Crippen LogP contribution is -2.20. The molecule has 1 heterocycles. The van der Waals surface area contributed by atoms with E-state index in [4.69, 9.17) is 17.3 Å². The minimum Gasteiger partial charge on any atom is -0.368 e. The van der Waals surface area contributed by atoms with Gasteiger partial charge in [-0.05, 0) is 0 Å². The third-order valence-corrected chi connectivity index (χ3v) is 3.68. The van der Waals surface area contributed by atoms with Gasteiger partial charge in [-0.25, -0.2) is 4.98 Å². The van der Waals surface area contributed by atoms with Crippen LogP contribution in [0.15, 0.2) is 60.7 Å². The van der Waals surface area contributed by atoms with Crippen LogP contribution >= 0.6 is 11.6 Å². The smallest absolute Gasteiger partial charge is 0.243 e. The molecule has 0 saturated carbocycles. The van der Waals surface area contributed by atoms with Crippen LogP contribution in [-0.2, 0) is 4.79 Å². The number of primary amides is 1. The molecule has 1 amide bonds. The van der Waals surface area contributed by atoms with Crippen LogP contribution in [0.4, 0.5) is 0 Å². The molecule has 0 spiro atoms. The van der Waals surface area contributed by atoms with Gasteiger partial charge in [0.25, 0.3) is 0 Å². The van der Waals surface area contributed by atoms with E-state index in [9.17, 15) is 4.79 Å². The Balaban J connectivity index is 2.19. The number of nitrogens with two attached hydrogens (primary N) is 1. The summed E-state index contributed by atoms with van der Waals surface area (Å²) in [5.74, 6) is -0.613. The summed E-state index contributed by atoms with van der Waals surface area (Å²) in [6.45, 7) is 0. The van der Waals surface area contributed by atoms with Crippen LogP contribution < -0.4 is 5.73 Å². The van der Waals surface area contributed by atoms with Gasteiger partial charge in [0.15, 0.2) is 11.2 Å². The summed E-state index contributed by atoms with van der Waals surface area (Å²) in [7, 11) is 0. The largest absolute Gasteiger partial charge is 0.368 e. The van der Waals surface area contributed by atoms with Crippen molar-refractivity contribution in [1.82, 2.24) is 15.2 Å². The zero-order valence-electron chi connectivity index (χ0n) is 12.1. The molecule has 6 heteroatoms. The van der Waals surface area contributed by atoms with Crippen molar-refractivity contribution in [2.45, 2.75) is 5.38 Å². The first-order valence-electron chi connectivity index (χ1n) is 6.95. The Bertz CT molecular complexity index is 825. The van der Waals surface area contributed by atoms with Gasteiger partial charge in [0, 0.05) is 11.1 Å². The highest BCUT2D eigenvalue weighted by molar-refractivity contribution is 6.30. The molecule has 114 valence electrons. The zero-order chi connectivity index (χ0) is 16.2. The number of benzene rings is 2. The number of aromatic nitrogens is 3. The fraction of sp³-hybridized carbons (Fsp3) is 0.0588. The molecule has 0 aliphatic carbocycles. The molecule has 0 aliphatic heterocycles. The molecule has 1 aromatic heterocycles. The Hall–Kier alpha value is -2.79. The van der Waals surface area contributed by atoms with E-state index in [1.165, 1.54) is 0 Å². The predicted molar refractivity (Wildman–Crippen MR) is 88.5 cm³/mol. The Kier molecular flexibility index (Phi) is 4.30. The summed E-state index contributed by atoms with van der Waals surface area (Å²) in [6, 6.07) is 19.1. The number of hydrogen-bond donors (Lipinski definition) is 1. The molecular weight excluding hydrogens is 312 g/mol. The maximum atomic E-state index is 11.3. The molecule has 0 radical (unpaired) electrons. The summed E-state index contributed by atoms with van der Waals surface area (Å²) >= 11 is 5.96. The van der Waals surface area contributed by atoms with Gasteiger partial charge < -0.3 is 5.73 Å². The standard InChI is InChI=1S/C17H13ClN4O/c18-13(16(19)23)17-20-14(11-7-3-1-4-8-11)15(21-22-17)12-9-5-2-6-10-12/h1-10,13H,(H2,19,23). The number of nitrogens with zero attached hydrogens (tertiary/aromatic N) is 3. The molecule has 1 atom stereocenters. The summed E-state index contributed by atoms with van der Waals surface area (Å²) < 4.78 is 0. The van der Waals surface area contributed by atoms with Crippen molar-refractivity contribution >= 4 is 17.5 Å². The number of hydrogen-bond acceptors (Lipinski definition) is 4. The van der Waals surface area contributed by atoms with Crippen molar-refractivity contribution in [3.8, 4) is 22.5 Å². The van der Waals surface area contributed by atoms with Gasteiger partial charge in [-0.1, -0.05) is 60.7 Å². The molecule has 3 aromatic rings. The molecular formula is C17H13ClN4O. The highest BCUT2D eigenvalue weighted by Gasteiger charge is 2.21.